The van der Waals surface area contributed by atoms with Crippen LogP contribution in [0.3, 0.4) is 0 Å². The van der Waals surface area contributed by atoms with Gasteiger partial charge in [0.25, 0.3) is 0 Å². The molecule has 0 fully saturated rings. The van der Waals surface area contributed by atoms with Gasteiger partial charge in [-0.3, -0.25) is 0 Å². The summed E-state index contributed by atoms with van der Waals surface area (Å²) in [6.45, 7) is 4.00. The minimum absolute atomic E-state index is 1.23. The van der Waals surface area contributed by atoms with Crippen LogP contribution >= 0.6 is 9.24 Å². The van der Waals surface area contributed by atoms with Crippen molar-refractivity contribution in [3.05, 3.63) is 48.5 Å². The van der Waals surface area contributed by atoms with Crippen LogP contribution in [0.4, 0.5) is 5.69 Å². The van der Waals surface area contributed by atoms with Gasteiger partial charge in [0.1, 0.15) is 0 Å². The Labute approximate surface area is 113 Å². The summed E-state index contributed by atoms with van der Waals surface area (Å²) in [6, 6.07) is 16.9. The highest BCUT2D eigenvalue weighted by Gasteiger charge is 2.07. The van der Waals surface area contributed by atoms with Crippen LogP contribution in [0.15, 0.2) is 48.5 Å². The van der Waals surface area contributed by atoms with Gasteiger partial charge in [-0.15, -0.1) is 9.24 Å². The fourth-order valence-electron chi connectivity index (χ4n) is 1.83. The number of benzene rings is 2. The van der Waals surface area contributed by atoms with E-state index in [2.05, 4.69) is 76.8 Å². The molecule has 1 nitrogen and oxygen atoms in total. The first-order valence-corrected chi connectivity index (χ1v) is 6.89. The molecule has 0 N–H and O–H groups in total. The molecule has 2 rings (SSSR count). The summed E-state index contributed by atoms with van der Waals surface area (Å²) < 4.78 is 0. The first kappa shape index (κ1) is 14.7. The lowest BCUT2D eigenvalue weighted by Gasteiger charge is -2.18. The molecule has 18 heavy (non-hydrogen) atoms. The highest BCUT2D eigenvalue weighted by Crippen LogP contribution is 2.28. The van der Waals surface area contributed by atoms with Crippen LogP contribution in [0.1, 0.15) is 13.8 Å². The molecule has 2 aromatic carbocycles. The Kier molecular flexibility index (Phi) is 5.88. The smallest absolute Gasteiger partial charge is 0.0440 e. The van der Waals surface area contributed by atoms with E-state index in [1.165, 1.54) is 22.1 Å². The molecule has 0 aliphatic heterocycles. The third-order valence-electron chi connectivity index (χ3n) is 2.64. The Morgan fingerprint density at radius 3 is 1.83 bits per heavy atom. The maximum Gasteiger partial charge on any atom is 0.0440 e. The molecule has 0 saturated carbocycles. The predicted molar refractivity (Wildman–Crippen MR) is 86.9 cm³/mol. The van der Waals surface area contributed by atoms with E-state index in [1.807, 2.05) is 13.8 Å². The average molecular weight is 259 g/mol. The van der Waals surface area contributed by atoms with E-state index in [4.69, 9.17) is 0 Å². The Balaban J connectivity index is 0.000000771. The van der Waals surface area contributed by atoms with Crippen LogP contribution in [0.2, 0.25) is 0 Å². The SMILES string of the molecule is CC.CN(C)c1ccccc1-c1ccccc1P. The lowest BCUT2D eigenvalue weighted by Crippen LogP contribution is -2.10. The Bertz CT molecular complexity index is 492. The maximum atomic E-state index is 2.80. The average Bonchev–Trinajstić information content (AvgIpc) is 2.41. The fraction of sp³-hybridized carbons (Fsp3) is 0.250. The third kappa shape index (κ3) is 3.34. The standard InChI is InChI=1S/C14H16NP.C2H6/c1-15(2)13-9-5-3-7-11(13)12-8-4-6-10-14(12)16;1-2/h3-10H,16H2,1-2H3;1-2H3. The number of rotatable bonds is 2. The zero-order chi connectivity index (χ0) is 13.5. The van der Waals surface area contributed by atoms with Crippen molar-refractivity contribution < 1.29 is 0 Å². The molecule has 0 bridgehead atoms. The van der Waals surface area contributed by atoms with Crippen molar-refractivity contribution in [3.63, 3.8) is 0 Å². The minimum atomic E-state index is 1.23. The third-order valence-corrected chi connectivity index (χ3v) is 3.14. The molecule has 0 spiro atoms. The normalized spacial score (nSPS) is 9.39. The molecule has 0 saturated heterocycles. The molecule has 0 radical (unpaired) electrons. The second kappa shape index (κ2) is 7.18. The number of hydrogen-bond donors (Lipinski definition) is 0. The maximum absolute atomic E-state index is 2.80. The van der Waals surface area contributed by atoms with Crippen molar-refractivity contribution in [2.75, 3.05) is 19.0 Å². The van der Waals surface area contributed by atoms with E-state index in [1.54, 1.807) is 0 Å². The lowest BCUT2D eigenvalue weighted by molar-refractivity contribution is 1.13. The van der Waals surface area contributed by atoms with Crippen molar-refractivity contribution in [3.8, 4) is 11.1 Å². The van der Waals surface area contributed by atoms with Crippen LogP contribution in [-0.4, -0.2) is 14.1 Å². The van der Waals surface area contributed by atoms with Gasteiger partial charge in [0.05, 0.1) is 0 Å². The summed E-state index contributed by atoms with van der Waals surface area (Å²) in [5.74, 6) is 0. The minimum Gasteiger partial charge on any atom is -0.377 e. The van der Waals surface area contributed by atoms with Crippen molar-refractivity contribution in [1.29, 1.82) is 0 Å². The van der Waals surface area contributed by atoms with E-state index in [9.17, 15) is 0 Å². The van der Waals surface area contributed by atoms with Crippen LogP contribution in [-0.2, 0) is 0 Å². The first-order chi connectivity index (χ1) is 8.70. The molecule has 0 aromatic heterocycles. The van der Waals surface area contributed by atoms with Gasteiger partial charge in [0.15, 0.2) is 0 Å². The summed E-state index contributed by atoms with van der Waals surface area (Å²) in [7, 11) is 6.94. The van der Waals surface area contributed by atoms with Gasteiger partial charge in [-0.1, -0.05) is 56.3 Å². The number of anilines is 1. The number of nitrogens with zero attached hydrogens (tertiary/aromatic N) is 1. The van der Waals surface area contributed by atoms with Crippen LogP contribution in [0, 0.1) is 0 Å². The molecule has 96 valence electrons. The molecule has 0 amide bonds. The van der Waals surface area contributed by atoms with E-state index >= 15 is 0 Å². The second-order valence-corrected chi connectivity index (χ2v) is 4.62. The Hall–Kier alpha value is -1.33. The number of hydrogen-bond acceptors (Lipinski definition) is 1. The summed E-state index contributed by atoms with van der Waals surface area (Å²) in [6.07, 6.45) is 0. The van der Waals surface area contributed by atoms with E-state index in [-0.39, 0.29) is 0 Å². The van der Waals surface area contributed by atoms with E-state index in [0.29, 0.717) is 0 Å². The Morgan fingerprint density at radius 2 is 1.28 bits per heavy atom. The van der Waals surface area contributed by atoms with Crippen LogP contribution in [0.25, 0.3) is 11.1 Å². The predicted octanol–water partition coefficient (Wildman–Crippen LogP) is 3.95. The highest BCUT2D eigenvalue weighted by molar-refractivity contribution is 7.28. The van der Waals surface area contributed by atoms with Gasteiger partial charge in [0, 0.05) is 25.3 Å². The molecule has 0 heterocycles. The molecular formula is C16H22NP. The van der Waals surface area contributed by atoms with Gasteiger partial charge in [-0.25, -0.2) is 0 Å². The van der Waals surface area contributed by atoms with Gasteiger partial charge >= 0.3 is 0 Å². The summed E-state index contributed by atoms with van der Waals surface area (Å²) in [5, 5.41) is 1.23. The first-order valence-electron chi connectivity index (χ1n) is 6.31. The molecule has 1 atom stereocenters. The van der Waals surface area contributed by atoms with Crippen molar-refractivity contribution >= 4 is 20.2 Å². The summed E-state index contributed by atoms with van der Waals surface area (Å²) >= 11 is 0. The molecule has 2 heteroatoms. The summed E-state index contributed by atoms with van der Waals surface area (Å²) in [5.41, 5.74) is 3.80. The topological polar surface area (TPSA) is 3.24 Å². The quantitative estimate of drug-likeness (QED) is 0.738. The summed E-state index contributed by atoms with van der Waals surface area (Å²) in [4.78, 5) is 2.15. The molecule has 2 aromatic rings. The molecular weight excluding hydrogens is 237 g/mol. The zero-order valence-corrected chi connectivity index (χ0v) is 12.8. The van der Waals surface area contributed by atoms with Crippen molar-refractivity contribution in [2.24, 2.45) is 0 Å². The Morgan fingerprint density at radius 1 is 0.778 bits per heavy atom. The molecule has 1 unspecified atom stereocenters. The monoisotopic (exact) mass is 259 g/mol. The highest BCUT2D eigenvalue weighted by atomic mass is 31.0. The van der Waals surface area contributed by atoms with Gasteiger partial charge in [0.2, 0.25) is 0 Å². The van der Waals surface area contributed by atoms with Crippen LogP contribution in [0.5, 0.6) is 0 Å². The lowest BCUT2D eigenvalue weighted by atomic mass is 10.0. The van der Waals surface area contributed by atoms with Gasteiger partial charge < -0.3 is 4.90 Å². The molecule has 0 aliphatic rings. The van der Waals surface area contributed by atoms with Crippen molar-refractivity contribution in [2.45, 2.75) is 13.8 Å². The second-order valence-electron chi connectivity index (χ2n) is 4.00. The van der Waals surface area contributed by atoms with E-state index in [0.717, 1.165) is 0 Å². The van der Waals surface area contributed by atoms with Gasteiger partial charge in [-0.05, 0) is 16.9 Å². The fourth-order valence-corrected chi connectivity index (χ4v) is 2.20. The van der Waals surface area contributed by atoms with Crippen LogP contribution < -0.4 is 10.2 Å². The van der Waals surface area contributed by atoms with E-state index < -0.39 is 0 Å². The zero-order valence-electron chi connectivity index (χ0n) is 11.6. The van der Waals surface area contributed by atoms with Gasteiger partial charge in [-0.2, -0.15) is 0 Å². The largest absolute Gasteiger partial charge is 0.377 e. The number of para-hydroxylation sites is 1. The molecule has 0 aliphatic carbocycles. The van der Waals surface area contributed by atoms with Crippen molar-refractivity contribution in [1.82, 2.24) is 0 Å².